The van der Waals surface area contributed by atoms with Gasteiger partial charge in [-0.2, -0.15) is 11.8 Å². The predicted octanol–water partition coefficient (Wildman–Crippen LogP) is 2.12. The van der Waals surface area contributed by atoms with Crippen molar-refractivity contribution in [2.45, 2.75) is 17.9 Å². The summed E-state index contributed by atoms with van der Waals surface area (Å²) in [5.74, 6) is 3.13. The Labute approximate surface area is 115 Å². The normalized spacial score (nSPS) is 13.3. The van der Waals surface area contributed by atoms with Gasteiger partial charge in [-0.3, -0.25) is 4.79 Å². The van der Waals surface area contributed by atoms with Crippen LogP contribution in [0.2, 0.25) is 0 Å². The van der Waals surface area contributed by atoms with Gasteiger partial charge in [-0.1, -0.05) is 18.2 Å². The van der Waals surface area contributed by atoms with Gasteiger partial charge in [0.05, 0.1) is 12.8 Å². The van der Waals surface area contributed by atoms with Crippen LogP contribution < -0.4 is 10.3 Å². The Morgan fingerprint density at radius 2 is 2.21 bits per heavy atom. The molecule has 0 bridgehead atoms. The van der Waals surface area contributed by atoms with Gasteiger partial charge in [-0.15, -0.1) is 0 Å². The number of rotatable bonds is 3. The van der Waals surface area contributed by atoms with Crippen LogP contribution in [0, 0.1) is 0 Å². The molecule has 1 N–H and O–H groups in total. The average molecular weight is 274 g/mol. The number of H-pyrrole nitrogens is 1. The predicted molar refractivity (Wildman–Crippen MR) is 75.7 cm³/mol. The summed E-state index contributed by atoms with van der Waals surface area (Å²) in [7, 11) is 1.65. The fourth-order valence-electron chi connectivity index (χ4n) is 2.23. The Morgan fingerprint density at radius 3 is 3.05 bits per heavy atom. The number of hydrogen-bond donors (Lipinski definition) is 1. The highest BCUT2D eigenvalue weighted by Crippen LogP contribution is 2.26. The standard InChI is InChI=1S/C14H14N2O2S/c1-18-12-5-3-2-4-9(12)6-13-15-11-8-19-7-10(11)14(17)16-13/h2-5H,6-8H2,1H3,(H,15,16,17). The molecule has 98 valence electrons. The number of thioether (sulfide) groups is 1. The highest BCUT2D eigenvalue weighted by molar-refractivity contribution is 7.98. The first kappa shape index (κ1) is 12.3. The molecule has 19 heavy (non-hydrogen) atoms. The molecule has 2 aromatic rings. The molecule has 4 nitrogen and oxygen atoms in total. The summed E-state index contributed by atoms with van der Waals surface area (Å²) in [6.07, 6.45) is 0.581. The maximum absolute atomic E-state index is 11.9. The lowest BCUT2D eigenvalue weighted by atomic mass is 10.1. The van der Waals surface area contributed by atoms with Gasteiger partial charge in [-0.25, -0.2) is 4.98 Å². The summed E-state index contributed by atoms with van der Waals surface area (Å²) in [6.45, 7) is 0. The number of methoxy groups -OCH3 is 1. The van der Waals surface area contributed by atoms with Crippen molar-refractivity contribution >= 4 is 11.8 Å². The van der Waals surface area contributed by atoms with E-state index in [-0.39, 0.29) is 5.56 Å². The molecule has 1 aromatic carbocycles. The van der Waals surface area contributed by atoms with Gasteiger partial charge in [0.1, 0.15) is 11.6 Å². The van der Waals surface area contributed by atoms with Crippen LogP contribution in [0.15, 0.2) is 29.1 Å². The van der Waals surface area contributed by atoms with Crippen molar-refractivity contribution in [2.75, 3.05) is 7.11 Å². The lowest BCUT2D eigenvalue weighted by Gasteiger charge is -2.08. The molecule has 0 aliphatic carbocycles. The van der Waals surface area contributed by atoms with Crippen molar-refractivity contribution in [3.05, 3.63) is 57.3 Å². The van der Waals surface area contributed by atoms with Gasteiger partial charge in [0.25, 0.3) is 5.56 Å². The summed E-state index contributed by atoms with van der Waals surface area (Å²) in [6, 6.07) is 7.79. The first-order chi connectivity index (χ1) is 9.28. The van der Waals surface area contributed by atoms with E-state index in [4.69, 9.17) is 4.74 Å². The number of fused-ring (bicyclic) bond motifs is 1. The number of nitrogens with zero attached hydrogens (tertiary/aromatic N) is 1. The van der Waals surface area contributed by atoms with E-state index in [0.717, 1.165) is 34.1 Å². The van der Waals surface area contributed by atoms with Crippen molar-refractivity contribution in [2.24, 2.45) is 0 Å². The fourth-order valence-corrected chi connectivity index (χ4v) is 3.26. The van der Waals surface area contributed by atoms with Gasteiger partial charge in [-0.05, 0) is 6.07 Å². The number of nitrogens with one attached hydrogen (secondary N) is 1. The lowest BCUT2D eigenvalue weighted by Crippen LogP contribution is -2.17. The first-order valence-electron chi connectivity index (χ1n) is 6.08. The van der Waals surface area contributed by atoms with Crippen molar-refractivity contribution in [1.29, 1.82) is 0 Å². The van der Waals surface area contributed by atoms with E-state index in [1.165, 1.54) is 0 Å². The van der Waals surface area contributed by atoms with E-state index in [0.29, 0.717) is 12.2 Å². The molecule has 0 unspecified atom stereocenters. The zero-order valence-corrected chi connectivity index (χ0v) is 11.4. The van der Waals surface area contributed by atoms with Crippen LogP contribution in [-0.4, -0.2) is 17.1 Å². The SMILES string of the molecule is COc1ccccc1Cc1nc2c(c(=O)[nH]1)CSC2. The number of benzene rings is 1. The monoisotopic (exact) mass is 274 g/mol. The molecular weight excluding hydrogens is 260 g/mol. The maximum atomic E-state index is 11.9. The van der Waals surface area contributed by atoms with Crippen molar-refractivity contribution in [3.8, 4) is 5.75 Å². The van der Waals surface area contributed by atoms with Gasteiger partial charge in [0, 0.05) is 29.1 Å². The minimum Gasteiger partial charge on any atom is -0.496 e. The topological polar surface area (TPSA) is 55.0 Å². The van der Waals surface area contributed by atoms with Crippen LogP contribution in [0.25, 0.3) is 0 Å². The lowest BCUT2D eigenvalue weighted by molar-refractivity contribution is 0.410. The summed E-state index contributed by atoms with van der Waals surface area (Å²) < 4.78 is 5.32. The molecule has 0 amide bonds. The summed E-state index contributed by atoms with van der Waals surface area (Å²) >= 11 is 1.73. The number of para-hydroxylation sites is 1. The van der Waals surface area contributed by atoms with Crippen molar-refractivity contribution in [1.82, 2.24) is 9.97 Å². The van der Waals surface area contributed by atoms with Crippen LogP contribution in [0.4, 0.5) is 0 Å². The third-order valence-corrected chi connectivity index (χ3v) is 4.16. The highest BCUT2D eigenvalue weighted by atomic mass is 32.2. The minimum atomic E-state index is -0.0000945. The molecule has 0 saturated heterocycles. The van der Waals surface area contributed by atoms with Gasteiger partial charge >= 0.3 is 0 Å². The fraction of sp³-hybridized carbons (Fsp3) is 0.286. The Hall–Kier alpha value is -1.75. The summed E-state index contributed by atoms with van der Waals surface area (Å²) in [5.41, 5.74) is 2.78. The molecule has 2 heterocycles. The average Bonchev–Trinajstić information content (AvgIpc) is 2.88. The number of ether oxygens (including phenoxy) is 1. The number of hydrogen-bond acceptors (Lipinski definition) is 4. The smallest absolute Gasteiger partial charge is 0.255 e. The van der Waals surface area contributed by atoms with E-state index in [1.807, 2.05) is 24.3 Å². The second kappa shape index (κ2) is 5.09. The quantitative estimate of drug-likeness (QED) is 0.931. The van der Waals surface area contributed by atoms with Crippen LogP contribution in [0.5, 0.6) is 5.75 Å². The Kier molecular flexibility index (Phi) is 3.29. The van der Waals surface area contributed by atoms with Crippen molar-refractivity contribution in [3.63, 3.8) is 0 Å². The third-order valence-electron chi connectivity index (χ3n) is 3.19. The molecule has 3 rings (SSSR count). The molecule has 1 aliphatic rings. The van der Waals surface area contributed by atoms with E-state index in [2.05, 4.69) is 9.97 Å². The van der Waals surface area contributed by atoms with Crippen LogP contribution in [-0.2, 0) is 17.9 Å². The minimum absolute atomic E-state index is 0.0000945. The van der Waals surface area contributed by atoms with E-state index in [9.17, 15) is 4.79 Å². The molecule has 0 radical (unpaired) electrons. The summed E-state index contributed by atoms with van der Waals surface area (Å²) in [4.78, 5) is 19.4. The third kappa shape index (κ3) is 2.38. The van der Waals surface area contributed by atoms with E-state index >= 15 is 0 Å². The Bertz CT molecular complexity index is 667. The zero-order valence-electron chi connectivity index (χ0n) is 10.6. The second-order valence-corrected chi connectivity index (χ2v) is 5.40. The first-order valence-corrected chi connectivity index (χ1v) is 7.24. The summed E-state index contributed by atoms with van der Waals surface area (Å²) in [5, 5.41) is 0. The van der Waals surface area contributed by atoms with E-state index in [1.54, 1.807) is 18.9 Å². The number of aromatic nitrogens is 2. The van der Waals surface area contributed by atoms with Crippen molar-refractivity contribution < 1.29 is 4.74 Å². The zero-order chi connectivity index (χ0) is 13.2. The molecule has 0 atom stereocenters. The van der Waals surface area contributed by atoms with Crippen LogP contribution in [0.1, 0.15) is 22.6 Å². The molecule has 5 heteroatoms. The Morgan fingerprint density at radius 1 is 1.37 bits per heavy atom. The highest BCUT2D eigenvalue weighted by Gasteiger charge is 2.17. The largest absolute Gasteiger partial charge is 0.496 e. The van der Waals surface area contributed by atoms with Gasteiger partial charge < -0.3 is 9.72 Å². The molecule has 1 aromatic heterocycles. The van der Waals surface area contributed by atoms with Gasteiger partial charge in [0.2, 0.25) is 0 Å². The molecular formula is C14H14N2O2S. The molecule has 0 fully saturated rings. The molecule has 0 spiro atoms. The molecule has 0 saturated carbocycles. The molecule has 1 aliphatic heterocycles. The van der Waals surface area contributed by atoms with E-state index < -0.39 is 0 Å². The number of aromatic amines is 1. The second-order valence-electron chi connectivity index (χ2n) is 4.42. The van der Waals surface area contributed by atoms with Gasteiger partial charge in [0.15, 0.2) is 0 Å². The Balaban J connectivity index is 1.96. The van der Waals surface area contributed by atoms with Crippen LogP contribution >= 0.6 is 11.8 Å². The maximum Gasteiger partial charge on any atom is 0.255 e. The van der Waals surface area contributed by atoms with Crippen LogP contribution in [0.3, 0.4) is 0 Å².